The molecule has 0 unspecified atom stereocenters. The van der Waals surface area contributed by atoms with Crippen molar-refractivity contribution in [2.24, 2.45) is 5.10 Å². The molecule has 8 heteroatoms. The monoisotopic (exact) mass is 373 g/mol. The Bertz CT molecular complexity index is 1150. The number of hydrogen-bond acceptors (Lipinski definition) is 7. The highest BCUT2D eigenvalue weighted by molar-refractivity contribution is 5.99. The quantitative estimate of drug-likeness (QED) is 0.426. The van der Waals surface area contributed by atoms with Gasteiger partial charge in [-0.2, -0.15) is 10.2 Å². The minimum absolute atomic E-state index is 0.602. The first-order valence-electron chi connectivity index (χ1n) is 8.73. The number of benzene rings is 1. The predicted molar refractivity (Wildman–Crippen MR) is 108 cm³/mol. The second-order valence-electron chi connectivity index (χ2n) is 6.16. The lowest BCUT2D eigenvalue weighted by Gasteiger charge is -2.06. The summed E-state index contributed by atoms with van der Waals surface area (Å²) in [6.07, 6.45) is 4.97. The lowest BCUT2D eigenvalue weighted by Crippen LogP contribution is -2.02. The number of ether oxygens (including phenoxy) is 1. The van der Waals surface area contributed by atoms with Crippen molar-refractivity contribution in [3.05, 3.63) is 66.4 Å². The van der Waals surface area contributed by atoms with Gasteiger partial charge in [-0.3, -0.25) is 10.4 Å². The third-order valence-corrected chi connectivity index (χ3v) is 4.37. The van der Waals surface area contributed by atoms with Crippen LogP contribution in [0.2, 0.25) is 0 Å². The zero-order valence-corrected chi connectivity index (χ0v) is 15.8. The molecule has 0 bridgehead atoms. The summed E-state index contributed by atoms with van der Waals surface area (Å²) in [5.74, 6) is 1.36. The first kappa shape index (κ1) is 17.6. The molecule has 0 aliphatic carbocycles. The molecule has 0 fully saturated rings. The number of methoxy groups -OCH3 is 1. The van der Waals surface area contributed by atoms with Crippen LogP contribution in [0.1, 0.15) is 18.2 Å². The van der Waals surface area contributed by atoms with Crippen molar-refractivity contribution in [1.29, 1.82) is 0 Å². The van der Waals surface area contributed by atoms with E-state index in [9.17, 15) is 0 Å². The highest BCUT2D eigenvalue weighted by Gasteiger charge is 2.15. The van der Waals surface area contributed by atoms with Crippen molar-refractivity contribution in [1.82, 2.24) is 24.7 Å². The molecule has 0 aliphatic rings. The molecular formula is C20H19N7O. The Balaban J connectivity index is 1.74. The van der Waals surface area contributed by atoms with Crippen molar-refractivity contribution in [2.75, 3.05) is 12.5 Å². The number of rotatable bonds is 5. The Kier molecular flexibility index (Phi) is 4.67. The average Bonchev–Trinajstić information content (AvgIpc) is 3.10. The van der Waals surface area contributed by atoms with E-state index in [2.05, 4.69) is 30.6 Å². The number of nitrogens with zero attached hydrogens (tertiary/aromatic N) is 6. The summed E-state index contributed by atoms with van der Waals surface area (Å²) in [5.41, 5.74) is 7.22. The zero-order chi connectivity index (χ0) is 19.5. The van der Waals surface area contributed by atoms with Gasteiger partial charge in [0.15, 0.2) is 11.5 Å². The van der Waals surface area contributed by atoms with Gasteiger partial charge in [0.25, 0.3) is 0 Å². The highest BCUT2D eigenvalue weighted by Crippen LogP contribution is 2.26. The lowest BCUT2D eigenvalue weighted by atomic mass is 10.2. The van der Waals surface area contributed by atoms with Gasteiger partial charge in [-0.15, -0.1) is 0 Å². The van der Waals surface area contributed by atoms with Gasteiger partial charge in [0.05, 0.1) is 29.6 Å². The summed E-state index contributed by atoms with van der Waals surface area (Å²) in [6.45, 7) is 3.85. The molecule has 3 aromatic heterocycles. The van der Waals surface area contributed by atoms with E-state index in [4.69, 9.17) is 4.74 Å². The molecule has 0 radical (unpaired) electrons. The molecule has 4 rings (SSSR count). The van der Waals surface area contributed by atoms with Crippen LogP contribution in [-0.4, -0.2) is 37.6 Å². The number of nitrogens with one attached hydrogen (secondary N) is 1. The Morgan fingerprint density at radius 2 is 1.96 bits per heavy atom. The molecule has 0 saturated carbocycles. The van der Waals surface area contributed by atoms with E-state index in [1.54, 1.807) is 24.2 Å². The van der Waals surface area contributed by atoms with E-state index in [1.165, 1.54) is 6.33 Å². The van der Waals surface area contributed by atoms with Crippen LogP contribution < -0.4 is 10.2 Å². The molecule has 0 spiro atoms. The maximum atomic E-state index is 5.32. The SMILES string of the molecule is COc1cccc(-n2nc(C)c3c(N/N=C(/C)c4ccncc4)ncnc32)c1. The lowest BCUT2D eigenvalue weighted by molar-refractivity contribution is 0.414. The summed E-state index contributed by atoms with van der Waals surface area (Å²) in [7, 11) is 1.64. The fourth-order valence-electron chi connectivity index (χ4n) is 2.92. The predicted octanol–water partition coefficient (Wildman–Crippen LogP) is 3.36. The largest absolute Gasteiger partial charge is 0.497 e. The number of pyridine rings is 1. The molecule has 0 amide bonds. The van der Waals surface area contributed by atoms with Gasteiger partial charge in [0.2, 0.25) is 0 Å². The van der Waals surface area contributed by atoms with E-state index < -0.39 is 0 Å². The smallest absolute Gasteiger partial charge is 0.168 e. The van der Waals surface area contributed by atoms with E-state index in [0.717, 1.165) is 33.8 Å². The maximum Gasteiger partial charge on any atom is 0.168 e. The van der Waals surface area contributed by atoms with Gasteiger partial charge in [0, 0.05) is 24.0 Å². The molecule has 8 nitrogen and oxygen atoms in total. The van der Waals surface area contributed by atoms with Crippen molar-refractivity contribution in [3.63, 3.8) is 0 Å². The Hall–Kier alpha value is -3.81. The molecule has 0 aliphatic heterocycles. The normalized spacial score (nSPS) is 11.6. The second-order valence-corrected chi connectivity index (χ2v) is 6.16. The number of fused-ring (bicyclic) bond motifs is 1. The van der Waals surface area contributed by atoms with Gasteiger partial charge in [0.1, 0.15) is 12.1 Å². The highest BCUT2D eigenvalue weighted by atomic mass is 16.5. The van der Waals surface area contributed by atoms with Crippen LogP contribution in [0.5, 0.6) is 5.75 Å². The number of hydrazone groups is 1. The third kappa shape index (κ3) is 3.27. The summed E-state index contributed by atoms with van der Waals surface area (Å²) < 4.78 is 7.09. The van der Waals surface area contributed by atoms with Crippen LogP contribution >= 0.6 is 0 Å². The third-order valence-electron chi connectivity index (χ3n) is 4.37. The fourth-order valence-corrected chi connectivity index (χ4v) is 2.92. The van der Waals surface area contributed by atoms with Gasteiger partial charge in [-0.05, 0) is 38.1 Å². The minimum Gasteiger partial charge on any atom is -0.497 e. The van der Waals surface area contributed by atoms with Crippen LogP contribution in [-0.2, 0) is 0 Å². The van der Waals surface area contributed by atoms with Gasteiger partial charge in [-0.25, -0.2) is 14.6 Å². The van der Waals surface area contributed by atoms with Gasteiger partial charge < -0.3 is 4.74 Å². The van der Waals surface area contributed by atoms with Crippen LogP contribution in [0.3, 0.4) is 0 Å². The van der Waals surface area contributed by atoms with E-state index in [1.807, 2.05) is 50.2 Å². The van der Waals surface area contributed by atoms with Crippen molar-refractivity contribution in [3.8, 4) is 11.4 Å². The van der Waals surface area contributed by atoms with Gasteiger partial charge in [-0.1, -0.05) is 6.07 Å². The van der Waals surface area contributed by atoms with Crippen molar-refractivity contribution < 1.29 is 4.74 Å². The molecule has 4 aromatic rings. The Labute approximate surface area is 161 Å². The maximum absolute atomic E-state index is 5.32. The summed E-state index contributed by atoms with van der Waals surface area (Å²) in [4.78, 5) is 12.8. The number of anilines is 1. The zero-order valence-electron chi connectivity index (χ0n) is 15.8. The number of aromatic nitrogens is 5. The fraction of sp³-hybridized carbons (Fsp3) is 0.150. The molecule has 1 aromatic carbocycles. The standard InChI is InChI=1S/C20H19N7O/c1-13(15-7-9-21-10-8-15)24-25-19-18-14(2)26-27(20(18)23-12-22-19)16-5-4-6-17(11-16)28-3/h4-12H,1-3H3,(H,22,23,25)/b24-13-. The first-order chi connectivity index (χ1) is 13.7. The van der Waals surface area contributed by atoms with E-state index >= 15 is 0 Å². The molecule has 28 heavy (non-hydrogen) atoms. The molecule has 1 N–H and O–H groups in total. The second kappa shape index (κ2) is 7.43. The number of hydrogen-bond donors (Lipinski definition) is 1. The number of aryl methyl sites for hydroxylation is 1. The summed E-state index contributed by atoms with van der Waals surface area (Å²) in [5, 5.41) is 9.92. The molecule has 140 valence electrons. The topological polar surface area (TPSA) is 90.1 Å². The summed E-state index contributed by atoms with van der Waals surface area (Å²) >= 11 is 0. The molecule has 3 heterocycles. The Morgan fingerprint density at radius 1 is 1.14 bits per heavy atom. The summed E-state index contributed by atoms with van der Waals surface area (Å²) in [6, 6.07) is 11.5. The average molecular weight is 373 g/mol. The Morgan fingerprint density at radius 3 is 2.75 bits per heavy atom. The molecule has 0 saturated heterocycles. The van der Waals surface area contributed by atoms with Crippen LogP contribution in [0.25, 0.3) is 16.7 Å². The van der Waals surface area contributed by atoms with Crippen LogP contribution in [0.15, 0.2) is 60.2 Å². The van der Waals surface area contributed by atoms with Crippen LogP contribution in [0, 0.1) is 6.92 Å². The van der Waals surface area contributed by atoms with Gasteiger partial charge >= 0.3 is 0 Å². The molecule has 0 atom stereocenters. The minimum atomic E-state index is 0.602. The first-order valence-corrected chi connectivity index (χ1v) is 8.73. The van der Waals surface area contributed by atoms with E-state index in [-0.39, 0.29) is 0 Å². The molecular weight excluding hydrogens is 354 g/mol. The van der Waals surface area contributed by atoms with Crippen molar-refractivity contribution >= 4 is 22.6 Å². The van der Waals surface area contributed by atoms with Crippen LogP contribution in [0.4, 0.5) is 5.82 Å². The van der Waals surface area contributed by atoms with E-state index in [0.29, 0.717) is 11.5 Å². The van der Waals surface area contributed by atoms with Crippen molar-refractivity contribution in [2.45, 2.75) is 13.8 Å².